The summed E-state index contributed by atoms with van der Waals surface area (Å²) in [5, 5.41) is 0. The van der Waals surface area contributed by atoms with E-state index in [0.717, 1.165) is 13.0 Å². The normalized spacial score (nSPS) is 19.5. The van der Waals surface area contributed by atoms with E-state index in [0.29, 0.717) is 12.5 Å². The van der Waals surface area contributed by atoms with E-state index >= 15 is 0 Å². The van der Waals surface area contributed by atoms with Gasteiger partial charge in [-0.25, -0.2) is 4.39 Å². The third-order valence-electron chi connectivity index (χ3n) is 3.98. The standard InChI is InChI=1S/C18H20FN/c1-14(19)12-20-13-17(15-7-3-2-4-8-15)11-16-9-5-6-10-18(16)20/h2-10,14,17H,11-13H2,1H3. The predicted molar refractivity (Wildman–Crippen MR) is 82.1 cm³/mol. The van der Waals surface area contributed by atoms with Crippen LogP contribution in [-0.4, -0.2) is 19.3 Å². The van der Waals surface area contributed by atoms with Gasteiger partial charge in [0.1, 0.15) is 6.17 Å². The second-order valence-corrected chi connectivity index (χ2v) is 5.63. The molecule has 0 amide bonds. The minimum atomic E-state index is -0.808. The summed E-state index contributed by atoms with van der Waals surface area (Å²) in [5.74, 6) is 0.449. The fourth-order valence-corrected chi connectivity index (χ4v) is 3.11. The second-order valence-electron chi connectivity index (χ2n) is 5.63. The van der Waals surface area contributed by atoms with Gasteiger partial charge in [-0.2, -0.15) is 0 Å². The number of fused-ring (bicyclic) bond motifs is 1. The quantitative estimate of drug-likeness (QED) is 0.807. The summed E-state index contributed by atoms with van der Waals surface area (Å²) in [6.45, 7) is 3.00. The molecule has 2 atom stereocenters. The van der Waals surface area contributed by atoms with Crippen molar-refractivity contribution in [1.82, 2.24) is 0 Å². The summed E-state index contributed by atoms with van der Waals surface area (Å²) < 4.78 is 13.5. The van der Waals surface area contributed by atoms with Crippen LogP contribution >= 0.6 is 0 Å². The van der Waals surface area contributed by atoms with Gasteiger partial charge < -0.3 is 4.90 Å². The molecule has 0 aromatic heterocycles. The van der Waals surface area contributed by atoms with Gasteiger partial charge in [0.25, 0.3) is 0 Å². The first-order valence-corrected chi connectivity index (χ1v) is 7.26. The molecular weight excluding hydrogens is 249 g/mol. The smallest absolute Gasteiger partial charge is 0.115 e. The topological polar surface area (TPSA) is 3.24 Å². The maximum atomic E-state index is 13.5. The summed E-state index contributed by atoms with van der Waals surface area (Å²) in [7, 11) is 0. The third-order valence-corrected chi connectivity index (χ3v) is 3.98. The van der Waals surface area contributed by atoms with E-state index in [4.69, 9.17) is 0 Å². The Morgan fingerprint density at radius 1 is 1.10 bits per heavy atom. The number of hydrogen-bond donors (Lipinski definition) is 0. The van der Waals surface area contributed by atoms with E-state index in [1.807, 2.05) is 12.1 Å². The van der Waals surface area contributed by atoms with Gasteiger partial charge in [0.05, 0.1) is 0 Å². The number of halogens is 1. The molecule has 104 valence electrons. The van der Waals surface area contributed by atoms with Crippen LogP contribution in [-0.2, 0) is 6.42 Å². The Balaban J connectivity index is 1.92. The lowest BCUT2D eigenvalue weighted by molar-refractivity contribution is 0.357. The molecule has 0 bridgehead atoms. The summed E-state index contributed by atoms with van der Waals surface area (Å²) in [5.41, 5.74) is 3.87. The first-order chi connectivity index (χ1) is 9.74. The van der Waals surface area contributed by atoms with Gasteiger partial charge >= 0.3 is 0 Å². The Morgan fingerprint density at radius 3 is 2.55 bits per heavy atom. The zero-order chi connectivity index (χ0) is 13.9. The van der Waals surface area contributed by atoms with Crippen molar-refractivity contribution >= 4 is 5.69 Å². The van der Waals surface area contributed by atoms with Crippen LogP contribution in [0, 0.1) is 0 Å². The van der Waals surface area contributed by atoms with Crippen LogP contribution in [0.15, 0.2) is 54.6 Å². The molecule has 2 aromatic carbocycles. The predicted octanol–water partition coefficient (Wildman–Crippen LogP) is 4.19. The second kappa shape index (κ2) is 5.66. The molecule has 1 aliphatic heterocycles. The van der Waals surface area contributed by atoms with Gasteiger partial charge in [0, 0.05) is 24.7 Å². The Labute approximate surface area is 120 Å². The zero-order valence-corrected chi connectivity index (χ0v) is 11.8. The fourth-order valence-electron chi connectivity index (χ4n) is 3.11. The number of rotatable bonds is 3. The van der Waals surface area contributed by atoms with E-state index in [1.54, 1.807) is 6.92 Å². The maximum Gasteiger partial charge on any atom is 0.115 e. The average molecular weight is 269 g/mol. The molecule has 0 spiro atoms. The first kappa shape index (κ1) is 13.2. The van der Waals surface area contributed by atoms with Gasteiger partial charge in [-0.15, -0.1) is 0 Å². The number of para-hydroxylation sites is 1. The highest BCUT2D eigenvalue weighted by Crippen LogP contribution is 2.34. The van der Waals surface area contributed by atoms with E-state index in [9.17, 15) is 4.39 Å². The fraction of sp³-hybridized carbons (Fsp3) is 0.333. The summed E-state index contributed by atoms with van der Waals surface area (Å²) >= 11 is 0. The molecule has 2 heteroatoms. The molecule has 1 nitrogen and oxygen atoms in total. The SMILES string of the molecule is CC(F)CN1CC(c2ccccc2)Cc2ccccc21. The number of nitrogens with zero attached hydrogens (tertiary/aromatic N) is 1. The number of benzene rings is 2. The highest BCUT2D eigenvalue weighted by molar-refractivity contribution is 5.57. The molecule has 2 unspecified atom stereocenters. The van der Waals surface area contributed by atoms with Crippen LogP contribution in [0.4, 0.5) is 10.1 Å². The van der Waals surface area contributed by atoms with Gasteiger partial charge in [0.15, 0.2) is 0 Å². The number of hydrogen-bond acceptors (Lipinski definition) is 1. The molecule has 0 saturated heterocycles. The lowest BCUT2D eigenvalue weighted by Crippen LogP contribution is -2.37. The first-order valence-electron chi connectivity index (χ1n) is 7.26. The van der Waals surface area contributed by atoms with E-state index in [-0.39, 0.29) is 0 Å². The molecule has 0 radical (unpaired) electrons. The van der Waals surface area contributed by atoms with E-state index < -0.39 is 6.17 Å². The van der Waals surface area contributed by atoms with Crippen molar-refractivity contribution in [2.75, 3.05) is 18.0 Å². The van der Waals surface area contributed by atoms with Crippen LogP contribution in [0.25, 0.3) is 0 Å². The molecule has 20 heavy (non-hydrogen) atoms. The van der Waals surface area contributed by atoms with Gasteiger partial charge in [-0.3, -0.25) is 0 Å². The Hall–Kier alpha value is -1.83. The monoisotopic (exact) mass is 269 g/mol. The van der Waals surface area contributed by atoms with Crippen molar-refractivity contribution in [3.05, 3.63) is 65.7 Å². The van der Waals surface area contributed by atoms with Crippen molar-refractivity contribution in [3.63, 3.8) is 0 Å². The minimum absolute atomic E-state index is 0.449. The Morgan fingerprint density at radius 2 is 1.80 bits per heavy atom. The Bertz CT molecular complexity index is 565. The summed E-state index contributed by atoms with van der Waals surface area (Å²) in [6, 6.07) is 18.9. The lowest BCUT2D eigenvalue weighted by atomic mass is 9.87. The molecule has 0 fully saturated rings. The zero-order valence-electron chi connectivity index (χ0n) is 11.8. The van der Waals surface area contributed by atoms with E-state index in [1.165, 1.54) is 16.8 Å². The third kappa shape index (κ3) is 2.69. The Kier molecular flexibility index (Phi) is 3.72. The van der Waals surface area contributed by atoms with Crippen molar-refractivity contribution in [2.24, 2.45) is 0 Å². The van der Waals surface area contributed by atoms with E-state index in [2.05, 4.69) is 47.4 Å². The lowest BCUT2D eigenvalue weighted by Gasteiger charge is -2.36. The number of anilines is 1. The molecule has 0 saturated carbocycles. The van der Waals surface area contributed by atoms with Crippen molar-refractivity contribution in [2.45, 2.75) is 25.4 Å². The molecule has 0 N–H and O–H groups in total. The number of alkyl halides is 1. The molecule has 1 aliphatic rings. The summed E-state index contributed by atoms with van der Waals surface area (Å²) in [6.07, 6.45) is 0.231. The van der Waals surface area contributed by atoms with Crippen LogP contribution in [0.5, 0.6) is 0 Å². The summed E-state index contributed by atoms with van der Waals surface area (Å²) in [4.78, 5) is 2.20. The van der Waals surface area contributed by atoms with Crippen LogP contribution in [0.1, 0.15) is 24.0 Å². The average Bonchev–Trinajstić information content (AvgIpc) is 2.47. The molecule has 2 aromatic rings. The highest BCUT2D eigenvalue weighted by Gasteiger charge is 2.25. The van der Waals surface area contributed by atoms with Crippen LogP contribution in [0.2, 0.25) is 0 Å². The van der Waals surface area contributed by atoms with Crippen molar-refractivity contribution < 1.29 is 4.39 Å². The minimum Gasteiger partial charge on any atom is -0.368 e. The van der Waals surface area contributed by atoms with Crippen molar-refractivity contribution in [3.8, 4) is 0 Å². The van der Waals surface area contributed by atoms with Crippen molar-refractivity contribution in [1.29, 1.82) is 0 Å². The highest BCUT2D eigenvalue weighted by atomic mass is 19.1. The van der Waals surface area contributed by atoms with Gasteiger partial charge in [-0.1, -0.05) is 48.5 Å². The molecule has 0 aliphatic carbocycles. The molecule has 1 heterocycles. The van der Waals surface area contributed by atoms with Crippen LogP contribution < -0.4 is 4.90 Å². The molecule has 3 rings (SSSR count). The maximum absolute atomic E-state index is 13.5. The molecular formula is C18H20FN. The van der Waals surface area contributed by atoms with Crippen LogP contribution in [0.3, 0.4) is 0 Å². The van der Waals surface area contributed by atoms with Gasteiger partial charge in [-0.05, 0) is 30.5 Å². The van der Waals surface area contributed by atoms with Gasteiger partial charge in [0.2, 0.25) is 0 Å². The largest absolute Gasteiger partial charge is 0.368 e.